The van der Waals surface area contributed by atoms with Gasteiger partial charge in [0.15, 0.2) is 0 Å². The number of aromatic nitrogens is 1. The molecule has 4 nitrogen and oxygen atoms in total. The molecule has 1 atom stereocenters. The van der Waals surface area contributed by atoms with Gasteiger partial charge in [-0.25, -0.2) is 9.98 Å². The summed E-state index contributed by atoms with van der Waals surface area (Å²) in [6.07, 6.45) is -1.59. The molecule has 0 amide bonds. The van der Waals surface area contributed by atoms with E-state index >= 15 is 0 Å². The molecule has 1 aliphatic heterocycles. The molecule has 4 N–H and O–H groups in total. The normalized spacial score (nSPS) is 18.9. The van der Waals surface area contributed by atoms with E-state index in [9.17, 15) is 13.2 Å². The van der Waals surface area contributed by atoms with Crippen LogP contribution in [-0.4, -0.2) is 10.2 Å². The van der Waals surface area contributed by atoms with E-state index < -0.39 is 22.6 Å². The highest BCUT2D eigenvalue weighted by Gasteiger charge is 2.34. The van der Waals surface area contributed by atoms with Gasteiger partial charge in [0.25, 0.3) is 0 Å². The zero-order valence-electron chi connectivity index (χ0n) is 11.7. The first-order valence-electron chi connectivity index (χ1n) is 6.58. The smallest absolute Gasteiger partial charge is 0.384 e. The van der Waals surface area contributed by atoms with Crippen molar-refractivity contribution in [3.8, 4) is 11.1 Å². The summed E-state index contributed by atoms with van der Waals surface area (Å²) in [7, 11) is -1.14. The third-order valence-corrected chi connectivity index (χ3v) is 5.22. The number of halogens is 3. The fraction of sp³-hybridized carbons (Fsp3) is 0.0667. The molecule has 0 saturated heterocycles. The quantitative estimate of drug-likeness (QED) is 0.733. The number of rotatable bonds is 2. The van der Waals surface area contributed by atoms with Gasteiger partial charge < -0.3 is 11.5 Å². The van der Waals surface area contributed by atoms with Gasteiger partial charge in [-0.05, 0) is 45.7 Å². The van der Waals surface area contributed by atoms with Crippen molar-refractivity contribution < 1.29 is 13.2 Å². The molecule has 0 saturated carbocycles. The Balaban J connectivity index is 2.14. The molecule has 1 aromatic carbocycles. The van der Waals surface area contributed by atoms with Gasteiger partial charge in [-0.3, -0.25) is 0 Å². The van der Waals surface area contributed by atoms with E-state index in [1.807, 2.05) is 0 Å². The van der Waals surface area contributed by atoms with E-state index in [0.29, 0.717) is 15.6 Å². The third kappa shape index (κ3) is 3.02. The number of nitrogens with two attached hydrogens (primary N) is 2. The lowest BCUT2D eigenvalue weighted by Crippen LogP contribution is -2.11. The van der Waals surface area contributed by atoms with E-state index in [0.717, 1.165) is 6.07 Å². The standard InChI is InChI=1S/C15H13F3N4S/c16-15(17,18)12-8-10(23-6-5-22-14(23)20)1-2-11(12)9-3-4-21-13(19)7-9/h1-8,23H,(H2,19,21)(H2,20,22). The van der Waals surface area contributed by atoms with Crippen LogP contribution < -0.4 is 11.5 Å². The van der Waals surface area contributed by atoms with E-state index in [4.69, 9.17) is 11.5 Å². The molecule has 1 unspecified atom stereocenters. The molecule has 2 aromatic rings. The van der Waals surface area contributed by atoms with Crippen LogP contribution in [0.1, 0.15) is 5.56 Å². The van der Waals surface area contributed by atoms with Crippen molar-refractivity contribution in [3.63, 3.8) is 0 Å². The van der Waals surface area contributed by atoms with Crippen LogP contribution in [0.25, 0.3) is 11.1 Å². The number of hydrogen-bond donors (Lipinski definition) is 3. The van der Waals surface area contributed by atoms with Gasteiger partial charge in [-0.15, -0.1) is 10.9 Å². The number of nitrogens with zero attached hydrogens (tertiary/aromatic N) is 2. The van der Waals surface area contributed by atoms with Crippen molar-refractivity contribution in [2.24, 2.45) is 10.7 Å². The Morgan fingerprint density at radius 3 is 2.43 bits per heavy atom. The summed E-state index contributed by atoms with van der Waals surface area (Å²) in [6, 6.07) is 7.13. The van der Waals surface area contributed by atoms with E-state index in [-0.39, 0.29) is 11.4 Å². The first kappa shape index (κ1) is 15.4. The molecule has 3 rings (SSSR count). The van der Waals surface area contributed by atoms with Crippen LogP contribution >= 0.6 is 10.9 Å². The predicted molar refractivity (Wildman–Crippen MR) is 87.1 cm³/mol. The zero-order valence-corrected chi connectivity index (χ0v) is 12.6. The number of anilines is 1. The largest absolute Gasteiger partial charge is 0.417 e. The van der Waals surface area contributed by atoms with Crippen molar-refractivity contribution in [1.82, 2.24) is 4.98 Å². The van der Waals surface area contributed by atoms with Gasteiger partial charge in [0.1, 0.15) is 11.0 Å². The van der Waals surface area contributed by atoms with E-state index in [1.165, 1.54) is 30.6 Å². The summed E-state index contributed by atoms with van der Waals surface area (Å²) < 4.78 is 40.4. The lowest BCUT2D eigenvalue weighted by molar-refractivity contribution is -0.137. The Kier molecular flexibility index (Phi) is 3.77. The second-order valence-electron chi connectivity index (χ2n) is 4.85. The van der Waals surface area contributed by atoms with Gasteiger partial charge in [-0.1, -0.05) is 6.07 Å². The summed E-state index contributed by atoms with van der Waals surface area (Å²) in [4.78, 5) is 8.23. The average Bonchev–Trinajstić information content (AvgIpc) is 2.92. The maximum atomic E-state index is 13.5. The van der Waals surface area contributed by atoms with Crippen LogP contribution in [0.5, 0.6) is 0 Å². The van der Waals surface area contributed by atoms with Crippen molar-refractivity contribution in [3.05, 3.63) is 53.7 Å². The second kappa shape index (κ2) is 5.62. The summed E-state index contributed by atoms with van der Waals surface area (Å²) in [5.74, 6) is 0.166. The van der Waals surface area contributed by atoms with Crippen molar-refractivity contribution >= 4 is 21.9 Å². The molecular weight excluding hydrogens is 325 g/mol. The van der Waals surface area contributed by atoms with E-state index in [2.05, 4.69) is 9.98 Å². The summed E-state index contributed by atoms with van der Waals surface area (Å²) in [5, 5.41) is 2.07. The summed E-state index contributed by atoms with van der Waals surface area (Å²) in [5.41, 5.74) is 11.0. The third-order valence-electron chi connectivity index (χ3n) is 3.35. The molecule has 23 heavy (non-hydrogen) atoms. The molecule has 1 aliphatic rings. The Morgan fingerprint density at radius 2 is 1.83 bits per heavy atom. The first-order valence-corrected chi connectivity index (χ1v) is 7.99. The first-order chi connectivity index (χ1) is 10.9. The van der Waals surface area contributed by atoms with Gasteiger partial charge >= 0.3 is 6.18 Å². The average molecular weight is 338 g/mol. The fourth-order valence-corrected chi connectivity index (χ4v) is 3.80. The molecule has 0 aliphatic carbocycles. The lowest BCUT2D eigenvalue weighted by Gasteiger charge is -2.19. The molecule has 8 heteroatoms. The molecular formula is C15H13F3N4S. The predicted octanol–water partition coefficient (Wildman–Crippen LogP) is 3.51. The fourth-order valence-electron chi connectivity index (χ4n) is 2.32. The molecule has 0 radical (unpaired) electrons. The molecule has 2 heterocycles. The lowest BCUT2D eigenvalue weighted by atomic mass is 10.00. The van der Waals surface area contributed by atoms with Crippen LogP contribution in [0.4, 0.5) is 19.0 Å². The Hall–Kier alpha value is -2.48. The number of aliphatic imine (C=N–C) groups is 1. The highest BCUT2D eigenvalue weighted by Crippen LogP contribution is 2.45. The van der Waals surface area contributed by atoms with Crippen LogP contribution in [0.2, 0.25) is 0 Å². The highest BCUT2D eigenvalue weighted by molar-refractivity contribution is 8.32. The SMILES string of the molecule is NC1=NC=C[SH]1c1ccc(-c2ccnc(N)c2)c(C(F)(F)F)c1. The number of nitrogen functional groups attached to an aromatic ring is 1. The number of hydrogen-bond acceptors (Lipinski definition) is 4. The topological polar surface area (TPSA) is 77.3 Å². The van der Waals surface area contributed by atoms with Crippen LogP contribution in [-0.2, 0) is 6.18 Å². The maximum absolute atomic E-state index is 13.5. The minimum absolute atomic E-state index is 0.0593. The highest BCUT2D eigenvalue weighted by atomic mass is 32.2. The van der Waals surface area contributed by atoms with Crippen molar-refractivity contribution in [2.45, 2.75) is 11.1 Å². The molecule has 120 valence electrons. The van der Waals surface area contributed by atoms with Gasteiger partial charge in [0, 0.05) is 12.4 Å². The molecule has 0 fully saturated rings. The van der Waals surface area contributed by atoms with Crippen molar-refractivity contribution in [1.29, 1.82) is 0 Å². The number of amidine groups is 1. The molecule has 0 bridgehead atoms. The van der Waals surface area contributed by atoms with Crippen LogP contribution in [0, 0.1) is 0 Å². The van der Waals surface area contributed by atoms with Gasteiger partial charge in [0.05, 0.1) is 5.56 Å². The number of benzene rings is 1. The minimum atomic E-state index is -4.49. The Labute approximate surface area is 133 Å². The maximum Gasteiger partial charge on any atom is 0.417 e. The zero-order chi connectivity index (χ0) is 16.6. The minimum Gasteiger partial charge on any atom is -0.384 e. The number of pyridine rings is 1. The Bertz CT molecular complexity index is 815. The van der Waals surface area contributed by atoms with Crippen molar-refractivity contribution in [2.75, 3.05) is 5.73 Å². The second-order valence-corrected chi connectivity index (χ2v) is 6.87. The van der Waals surface area contributed by atoms with E-state index in [1.54, 1.807) is 11.5 Å². The van der Waals surface area contributed by atoms with Crippen LogP contribution in [0.15, 0.2) is 58.0 Å². The monoisotopic (exact) mass is 338 g/mol. The van der Waals surface area contributed by atoms with Crippen LogP contribution in [0.3, 0.4) is 0 Å². The molecule has 0 spiro atoms. The Morgan fingerprint density at radius 1 is 1.04 bits per heavy atom. The van der Waals surface area contributed by atoms with Gasteiger partial charge in [-0.2, -0.15) is 13.2 Å². The summed E-state index contributed by atoms with van der Waals surface area (Å²) >= 11 is 0. The molecule has 1 aromatic heterocycles. The number of thiol groups is 1. The number of alkyl halides is 3. The van der Waals surface area contributed by atoms with Gasteiger partial charge in [0.2, 0.25) is 0 Å². The summed E-state index contributed by atoms with van der Waals surface area (Å²) in [6.45, 7) is 0.